The molecular weight excluding hydrogens is 196 g/mol. The Labute approximate surface area is 86.6 Å². The van der Waals surface area contributed by atoms with E-state index in [-0.39, 0.29) is 0 Å². The predicted molar refractivity (Wildman–Crippen MR) is 57.8 cm³/mol. The molecule has 14 heavy (non-hydrogen) atoms. The Morgan fingerprint density at radius 2 is 2.29 bits per heavy atom. The Kier molecular flexibility index (Phi) is 2.33. The number of thioether (sulfide) groups is 1. The zero-order chi connectivity index (χ0) is 10.1. The number of carboxylic acid groups (broad SMARTS) is 1. The van der Waals surface area contributed by atoms with Crippen molar-refractivity contribution < 1.29 is 9.90 Å². The normalized spacial score (nSPS) is 19.1. The van der Waals surface area contributed by atoms with E-state index >= 15 is 0 Å². The minimum Gasteiger partial charge on any atom is -0.478 e. The van der Waals surface area contributed by atoms with E-state index in [2.05, 4.69) is 13.0 Å². The fraction of sp³-hybridized carbons (Fsp3) is 0.182. The van der Waals surface area contributed by atoms with Gasteiger partial charge in [0.15, 0.2) is 0 Å². The lowest BCUT2D eigenvalue weighted by atomic mass is 10.1. The first-order chi connectivity index (χ1) is 6.68. The number of rotatable bonds is 1. The SMILES string of the molecule is CC1C=Cc2cccc(C(=O)O)c2S1. The van der Waals surface area contributed by atoms with E-state index in [1.165, 1.54) is 0 Å². The van der Waals surface area contributed by atoms with Crippen molar-refractivity contribution >= 4 is 23.8 Å². The molecule has 1 heterocycles. The molecule has 3 heteroatoms. The molecule has 1 aromatic rings. The second-order valence-corrected chi connectivity index (χ2v) is 4.60. The molecule has 2 nitrogen and oxygen atoms in total. The van der Waals surface area contributed by atoms with Gasteiger partial charge in [-0.05, 0) is 18.6 Å². The first-order valence-electron chi connectivity index (χ1n) is 4.39. The van der Waals surface area contributed by atoms with Crippen LogP contribution in [0.25, 0.3) is 6.08 Å². The van der Waals surface area contributed by atoms with Crippen LogP contribution in [0.2, 0.25) is 0 Å². The summed E-state index contributed by atoms with van der Waals surface area (Å²) in [6.07, 6.45) is 4.07. The largest absolute Gasteiger partial charge is 0.478 e. The molecule has 0 fully saturated rings. The molecular formula is C11H10O2S. The number of carbonyl (C=O) groups is 1. The summed E-state index contributed by atoms with van der Waals surface area (Å²) in [5.74, 6) is -0.850. The van der Waals surface area contributed by atoms with Crippen LogP contribution >= 0.6 is 11.8 Å². The number of hydrogen-bond donors (Lipinski definition) is 1. The summed E-state index contributed by atoms with van der Waals surface area (Å²) in [6, 6.07) is 5.38. The van der Waals surface area contributed by atoms with Crippen LogP contribution in [-0.2, 0) is 0 Å². The maximum Gasteiger partial charge on any atom is 0.336 e. The first-order valence-corrected chi connectivity index (χ1v) is 5.27. The summed E-state index contributed by atoms with van der Waals surface area (Å²) in [4.78, 5) is 11.8. The minimum absolute atomic E-state index is 0.350. The van der Waals surface area contributed by atoms with Crippen molar-refractivity contribution in [3.63, 3.8) is 0 Å². The summed E-state index contributed by atoms with van der Waals surface area (Å²) >= 11 is 1.60. The van der Waals surface area contributed by atoms with E-state index in [1.54, 1.807) is 23.9 Å². The van der Waals surface area contributed by atoms with Gasteiger partial charge in [-0.1, -0.05) is 24.3 Å². The van der Waals surface area contributed by atoms with Crippen LogP contribution in [0.4, 0.5) is 0 Å². The fourth-order valence-corrected chi connectivity index (χ4v) is 2.53. The number of fused-ring (bicyclic) bond motifs is 1. The quantitative estimate of drug-likeness (QED) is 0.767. The first kappa shape index (κ1) is 9.34. The molecule has 0 radical (unpaired) electrons. The third-order valence-electron chi connectivity index (χ3n) is 2.13. The number of aromatic carboxylic acids is 1. The van der Waals surface area contributed by atoms with Crippen molar-refractivity contribution in [1.29, 1.82) is 0 Å². The molecule has 1 aliphatic rings. The third kappa shape index (κ3) is 1.55. The highest BCUT2D eigenvalue weighted by molar-refractivity contribution is 8.00. The Hall–Kier alpha value is -1.22. The Morgan fingerprint density at radius 1 is 1.50 bits per heavy atom. The van der Waals surface area contributed by atoms with Crippen molar-refractivity contribution in [2.75, 3.05) is 0 Å². The van der Waals surface area contributed by atoms with Crippen molar-refractivity contribution in [3.05, 3.63) is 35.4 Å². The lowest BCUT2D eigenvalue weighted by molar-refractivity contribution is 0.0693. The predicted octanol–water partition coefficient (Wildman–Crippen LogP) is 2.89. The second kappa shape index (κ2) is 3.50. The highest BCUT2D eigenvalue weighted by Gasteiger charge is 2.17. The Morgan fingerprint density at radius 3 is 3.00 bits per heavy atom. The molecule has 1 aromatic carbocycles. The van der Waals surface area contributed by atoms with Crippen molar-refractivity contribution in [2.45, 2.75) is 17.1 Å². The summed E-state index contributed by atoms with van der Waals surface area (Å²) in [7, 11) is 0. The van der Waals surface area contributed by atoms with Gasteiger partial charge in [0.1, 0.15) is 0 Å². The third-order valence-corrected chi connectivity index (χ3v) is 3.35. The molecule has 0 spiro atoms. The molecule has 0 aliphatic carbocycles. The van der Waals surface area contributed by atoms with Crippen LogP contribution in [-0.4, -0.2) is 16.3 Å². The Balaban J connectivity index is 2.56. The van der Waals surface area contributed by atoms with Crippen molar-refractivity contribution in [1.82, 2.24) is 0 Å². The number of hydrogen-bond acceptors (Lipinski definition) is 2. The van der Waals surface area contributed by atoms with Gasteiger partial charge in [-0.25, -0.2) is 4.79 Å². The molecule has 1 N–H and O–H groups in total. The minimum atomic E-state index is -0.850. The maximum absolute atomic E-state index is 10.9. The molecule has 1 atom stereocenters. The van der Waals surface area contributed by atoms with Gasteiger partial charge < -0.3 is 5.11 Å². The van der Waals surface area contributed by atoms with E-state index < -0.39 is 5.97 Å². The Bertz CT molecular complexity index is 410. The van der Waals surface area contributed by atoms with Crippen LogP contribution in [0.15, 0.2) is 29.2 Å². The number of benzene rings is 1. The van der Waals surface area contributed by atoms with E-state index in [1.807, 2.05) is 12.1 Å². The zero-order valence-electron chi connectivity index (χ0n) is 7.73. The van der Waals surface area contributed by atoms with Gasteiger partial charge >= 0.3 is 5.97 Å². The molecule has 0 aromatic heterocycles. The highest BCUT2D eigenvalue weighted by Crippen LogP contribution is 2.35. The molecule has 1 unspecified atom stereocenters. The zero-order valence-corrected chi connectivity index (χ0v) is 8.54. The molecule has 1 aliphatic heterocycles. The van der Waals surface area contributed by atoms with Crippen LogP contribution < -0.4 is 0 Å². The van der Waals surface area contributed by atoms with Crippen LogP contribution in [0.3, 0.4) is 0 Å². The van der Waals surface area contributed by atoms with Gasteiger partial charge in [-0.2, -0.15) is 0 Å². The summed E-state index contributed by atoms with van der Waals surface area (Å²) in [5, 5.41) is 9.34. The van der Waals surface area contributed by atoms with Gasteiger partial charge in [0, 0.05) is 10.1 Å². The van der Waals surface area contributed by atoms with E-state index in [4.69, 9.17) is 5.11 Å². The van der Waals surface area contributed by atoms with Gasteiger partial charge in [0.05, 0.1) is 5.56 Å². The monoisotopic (exact) mass is 206 g/mol. The van der Waals surface area contributed by atoms with Gasteiger partial charge in [0.2, 0.25) is 0 Å². The van der Waals surface area contributed by atoms with E-state index in [0.29, 0.717) is 10.8 Å². The highest BCUT2D eigenvalue weighted by atomic mass is 32.2. The standard InChI is InChI=1S/C11H10O2S/c1-7-5-6-8-3-2-4-9(11(12)13)10(8)14-7/h2-7H,1H3,(H,12,13). The second-order valence-electron chi connectivity index (χ2n) is 3.21. The summed E-state index contributed by atoms with van der Waals surface area (Å²) in [5.41, 5.74) is 1.41. The fourth-order valence-electron chi connectivity index (χ4n) is 1.45. The molecule has 0 amide bonds. The molecule has 0 bridgehead atoms. The van der Waals surface area contributed by atoms with Gasteiger partial charge in [-0.3, -0.25) is 0 Å². The van der Waals surface area contributed by atoms with Crippen LogP contribution in [0, 0.1) is 0 Å². The maximum atomic E-state index is 10.9. The molecule has 0 saturated carbocycles. The van der Waals surface area contributed by atoms with Crippen LogP contribution in [0.1, 0.15) is 22.8 Å². The number of carboxylic acids is 1. The van der Waals surface area contributed by atoms with Crippen molar-refractivity contribution in [2.24, 2.45) is 0 Å². The average Bonchev–Trinajstić information content (AvgIpc) is 2.16. The molecule has 72 valence electrons. The topological polar surface area (TPSA) is 37.3 Å². The van der Waals surface area contributed by atoms with E-state index in [9.17, 15) is 4.79 Å². The smallest absolute Gasteiger partial charge is 0.336 e. The van der Waals surface area contributed by atoms with E-state index in [0.717, 1.165) is 10.5 Å². The molecule has 0 saturated heterocycles. The van der Waals surface area contributed by atoms with Gasteiger partial charge in [0.25, 0.3) is 0 Å². The van der Waals surface area contributed by atoms with Crippen LogP contribution in [0.5, 0.6) is 0 Å². The summed E-state index contributed by atoms with van der Waals surface area (Å²) in [6.45, 7) is 2.06. The lowest BCUT2D eigenvalue weighted by Gasteiger charge is -2.16. The van der Waals surface area contributed by atoms with Crippen molar-refractivity contribution in [3.8, 4) is 0 Å². The lowest BCUT2D eigenvalue weighted by Crippen LogP contribution is -2.05. The van der Waals surface area contributed by atoms with Gasteiger partial charge in [-0.15, -0.1) is 11.8 Å². The molecule has 2 rings (SSSR count). The average molecular weight is 206 g/mol. The summed E-state index contributed by atoms with van der Waals surface area (Å²) < 4.78 is 0.